The minimum Gasteiger partial charge on any atom is -0.322 e. The van der Waals surface area contributed by atoms with Crippen LogP contribution in [0.4, 0.5) is 0 Å². The van der Waals surface area contributed by atoms with Crippen molar-refractivity contribution >= 4 is 11.0 Å². The lowest BCUT2D eigenvalue weighted by Crippen LogP contribution is -2.24. The van der Waals surface area contributed by atoms with E-state index in [4.69, 9.17) is 10.2 Å². The molecule has 0 bridgehead atoms. The maximum absolute atomic E-state index is 9.10. The lowest BCUT2D eigenvalue weighted by Gasteiger charge is -2.25. The fourth-order valence-corrected chi connectivity index (χ4v) is 4.30. The van der Waals surface area contributed by atoms with Crippen molar-refractivity contribution in [2.75, 3.05) is 0 Å². The van der Waals surface area contributed by atoms with E-state index in [1.807, 2.05) is 12.1 Å². The van der Waals surface area contributed by atoms with Crippen molar-refractivity contribution in [2.45, 2.75) is 51.5 Å². The SMILES string of the molecule is CC(C)(C)n1c(C2C3CCCC32)nc2cc(C#N)ccc21. The van der Waals surface area contributed by atoms with Gasteiger partial charge < -0.3 is 4.57 Å². The molecule has 4 rings (SSSR count). The number of aromatic nitrogens is 2. The highest BCUT2D eigenvalue weighted by Gasteiger charge is 2.55. The summed E-state index contributed by atoms with van der Waals surface area (Å²) in [5.74, 6) is 3.62. The van der Waals surface area contributed by atoms with Crippen molar-refractivity contribution in [3.8, 4) is 6.07 Å². The highest BCUT2D eigenvalue weighted by atomic mass is 15.1. The van der Waals surface area contributed by atoms with Crippen LogP contribution in [0.25, 0.3) is 11.0 Å². The van der Waals surface area contributed by atoms with Crippen LogP contribution in [-0.2, 0) is 5.54 Å². The van der Waals surface area contributed by atoms with Gasteiger partial charge in [0.2, 0.25) is 0 Å². The molecule has 2 aliphatic carbocycles. The van der Waals surface area contributed by atoms with Gasteiger partial charge in [-0.05, 0) is 63.6 Å². The van der Waals surface area contributed by atoms with E-state index in [-0.39, 0.29) is 5.54 Å². The quantitative estimate of drug-likeness (QED) is 0.786. The average Bonchev–Trinajstić information content (AvgIpc) is 2.82. The number of fused-ring (bicyclic) bond motifs is 2. The first-order valence-corrected chi connectivity index (χ1v) is 7.93. The second kappa shape index (κ2) is 4.10. The molecule has 21 heavy (non-hydrogen) atoms. The maximum Gasteiger partial charge on any atom is 0.114 e. The first-order chi connectivity index (χ1) is 10.0. The van der Waals surface area contributed by atoms with Gasteiger partial charge in [0, 0.05) is 11.5 Å². The summed E-state index contributed by atoms with van der Waals surface area (Å²) < 4.78 is 2.41. The number of hydrogen-bond acceptors (Lipinski definition) is 2. The zero-order valence-corrected chi connectivity index (χ0v) is 12.9. The summed E-state index contributed by atoms with van der Waals surface area (Å²) >= 11 is 0. The van der Waals surface area contributed by atoms with Gasteiger partial charge in [0.05, 0.1) is 22.7 Å². The molecule has 2 aliphatic rings. The first-order valence-electron chi connectivity index (χ1n) is 7.93. The predicted octanol–water partition coefficient (Wildman–Crippen LogP) is 4.18. The molecule has 0 spiro atoms. The Morgan fingerprint density at radius 2 is 1.95 bits per heavy atom. The molecule has 1 aromatic heterocycles. The third-order valence-corrected chi connectivity index (χ3v) is 5.18. The molecule has 2 unspecified atom stereocenters. The van der Waals surface area contributed by atoms with Crippen molar-refractivity contribution in [2.24, 2.45) is 11.8 Å². The fraction of sp³-hybridized carbons (Fsp3) is 0.556. The number of rotatable bonds is 1. The summed E-state index contributed by atoms with van der Waals surface area (Å²) in [4.78, 5) is 4.94. The van der Waals surface area contributed by atoms with E-state index < -0.39 is 0 Å². The zero-order chi connectivity index (χ0) is 14.8. The Hall–Kier alpha value is -1.82. The molecular formula is C18H21N3. The fourth-order valence-electron chi connectivity index (χ4n) is 4.30. The normalized spacial score (nSPS) is 27.6. The van der Waals surface area contributed by atoms with E-state index in [0.717, 1.165) is 17.4 Å². The van der Waals surface area contributed by atoms with Gasteiger partial charge in [-0.15, -0.1) is 0 Å². The number of benzene rings is 1. The number of hydrogen-bond donors (Lipinski definition) is 0. The Labute approximate surface area is 125 Å². The molecule has 1 aromatic carbocycles. The molecule has 2 fully saturated rings. The molecule has 0 aliphatic heterocycles. The minimum absolute atomic E-state index is 0.0229. The van der Waals surface area contributed by atoms with E-state index in [1.165, 1.54) is 30.6 Å². The smallest absolute Gasteiger partial charge is 0.114 e. The van der Waals surface area contributed by atoms with E-state index >= 15 is 0 Å². The number of nitrogens with zero attached hydrogens (tertiary/aromatic N) is 3. The van der Waals surface area contributed by atoms with Crippen molar-refractivity contribution in [3.63, 3.8) is 0 Å². The van der Waals surface area contributed by atoms with Crippen LogP contribution in [0.15, 0.2) is 18.2 Å². The van der Waals surface area contributed by atoms with Crippen LogP contribution < -0.4 is 0 Å². The molecule has 0 amide bonds. The van der Waals surface area contributed by atoms with Crippen molar-refractivity contribution in [3.05, 3.63) is 29.6 Å². The van der Waals surface area contributed by atoms with E-state index in [0.29, 0.717) is 11.5 Å². The van der Waals surface area contributed by atoms with Crippen molar-refractivity contribution in [1.82, 2.24) is 9.55 Å². The molecule has 2 saturated carbocycles. The van der Waals surface area contributed by atoms with Crippen LogP contribution >= 0.6 is 0 Å². The molecule has 0 N–H and O–H groups in total. The third-order valence-electron chi connectivity index (χ3n) is 5.18. The molecule has 0 saturated heterocycles. The summed E-state index contributed by atoms with van der Waals surface area (Å²) in [5.41, 5.74) is 2.86. The summed E-state index contributed by atoms with van der Waals surface area (Å²) in [6.45, 7) is 6.73. The Balaban J connectivity index is 1.91. The van der Waals surface area contributed by atoms with Crippen LogP contribution in [0.2, 0.25) is 0 Å². The summed E-state index contributed by atoms with van der Waals surface area (Å²) in [7, 11) is 0. The van der Waals surface area contributed by atoms with Gasteiger partial charge in [-0.3, -0.25) is 0 Å². The predicted molar refractivity (Wildman–Crippen MR) is 83.0 cm³/mol. The highest BCUT2D eigenvalue weighted by molar-refractivity contribution is 5.78. The molecule has 108 valence electrons. The molecule has 1 heterocycles. The molecule has 3 nitrogen and oxygen atoms in total. The first kappa shape index (κ1) is 12.9. The van der Waals surface area contributed by atoms with Crippen LogP contribution in [0.1, 0.15) is 57.3 Å². The van der Waals surface area contributed by atoms with E-state index in [1.54, 1.807) is 0 Å². The van der Waals surface area contributed by atoms with Crippen molar-refractivity contribution < 1.29 is 0 Å². The minimum atomic E-state index is 0.0229. The second-order valence-electron chi connectivity index (χ2n) is 7.58. The topological polar surface area (TPSA) is 41.6 Å². The molecular weight excluding hydrogens is 258 g/mol. The van der Waals surface area contributed by atoms with Crippen molar-refractivity contribution in [1.29, 1.82) is 5.26 Å². The van der Waals surface area contributed by atoms with Crippen LogP contribution in [-0.4, -0.2) is 9.55 Å². The largest absolute Gasteiger partial charge is 0.322 e. The zero-order valence-electron chi connectivity index (χ0n) is 12.9. The summed E-state index contributed by atoms with van der Waals surface area (Å²) in [5, 5.41) is 9.10. The van der Waals surface area contributed by atoms with E-state index in [9.17, 15) is 0 Å². The van der Waals surface area contributed by atoms with Gasteiger partial charge in [-0.25, -0.2) is 4.98 Å². The van der Waals surface area contributed by atoms with Crippen LogP contribution in [0, 0.1) is 23.2 Å². The molecule has 0 radical (unpaired) electrons. The molecule has 3 heteroatoms. The lowest BCUT2D eigenvalue weighted by atomic mass is 10.1. The number of imidazole rings is 1. The standard InChI is InChI=1S/C18H21N3/c1-18(2,3)21-15-8-7-11(10-19)9-14(15)20-17(21)16-12-5-4-6-13(12)16/h7-9,12-13,16H,4-6H2,1-3H3. The molecule has 2 aromatic rings. The van der Waals surface area contributed by atoms with Crippen LogP contribution in [0.3, 0.4) is 0 Å². The Morgan fingerprint density at radius 1 is 1.24 bits per heavy atom. The van der Waals surface area contributed by atoms with Gasteiger partial charge in [-0.2, -0.15) is 5.26 Å². The molecule has 2 atom stereocenters. The lowest BCUT2D eigenvalue weighted by molar-refractivity contribution is 0.389. The second-order valence-corrected chi connectivity index (χ2v) is 7.58. The Bertz CT molecular complexity index is 747. The van der Waals surface area contributed by atoms with Gasteiger partial charge >= 0.3 is 0 Å². The van der Waals surface area contributed by atoms with Crippen LogP contribution in [0.5, 0.6) is 0 Å². The monoisotopic (exact) mass is 279 g/mol. The summed E-state index contributed by atoms with van der Waals surface area (Å²) in [6, 6.07) is 8.12. The Kier molecular flexibility index (Phi) is 2.52. The van der Waals surface area contributed by atoms with Gasteiger partial charge in [0.1, 0.15) is 5.82 Å². The number of nitriles is 1. The van der Waals surface area contributed by atoms with Gasteiger partial charge in [-0.1, -0.05) is 6.42 Å². The summed E-state index contributed by atoms with van der Waals surface area (Å²) in [6.07, 6.45) is 4.12. The van der Waals surface area contributed by atoms with Gasteiger partial charge in [0.15, 0.2) is 0 Å². The van der Waals surface area contributed by atoms with E-state index in [2.05, 4.69) is 37.5 Å². The highest BCUT2D eigenvalue weighted by Crippen LogP contribution is 2.63. The maximum atomic E-state index is 9.10. The third kappa shape index (κ3) is 1.82. The Morgan fingerprint density at radius 3 is 2.57 bits per heavy atom. The average molecular weight is 279 g/mol. The van der Waals surface area contributed by atoms with Gasteiger partial charge in [0.25, 0.3) is 0 Å².